The summed E-state index contributed by atoms with van der Waals surface area (Å²) in [6.45, 7) is 6.71. The predicted octanol–water partition coefficient (Wildman–Crippen LogP) is 8.18. The Balaban J connectivity index is 1.54. The molecule has 5 rings (SSSR count). The molecule has 0 heterocycles. The average molecular weight is 431 g/mol. The monoisotopic (exact) mass is 430 g/mol. The van der Waals surface area contributed by atoms with Crippen molar-refractivity contribution >= 4 is 21.5 Å². The van der Waals surface area contributed by atoms with Crippen LogP contribution in [0.2, 0.25) is 0 Å². The molecular formula is C32H30O. The molecule has 164 valence electrons. The maximum atomic E-state index is 11.3. The second kappa shape index (κ2) is 8.41. The summed E-state index contributed by atoms with van der Waals surface area (Å²) in [6, 6.07) is 34.4. The van der Waals surface area contributed by atoms with Crippen LogP contribution in [0.3, 0.4) is 0 Å². The van der Waals surface area contributed by atoms with Crippen molar-refractivity contribution in [2.75, 3.05) is 0 Å². The fourth-order valence-corrected chi connectivity index (χ4v) is 4.60. The normalized spacial score (nSPS) is 11.8. The Hall–Kier alpha value is -3.58. The van der Waals surface area contributed by atoms with Crippen molar-refractivity contribution in [2.45, 2.75) is 39.0 Å². The van der Waals surface area contributed by atoms with Crippen LogP contribution in [-0.4, -0.2) is 5.11 Å². The minimum Gasteiger partial charge on any atom is -0.507 e. The average Bonchev–Trinajstić information content (AvgIpc) is 2.80. The van der Waals surface area contributed by atoms with Crippen LogP contribution in [-0.2, 0) is 18.3 Å². The molecule has 5 aromatic carbocycles. The van der Waals surface area contributed by atoms with E-state index in [2.05, 4.69) is 118 Å². The zero-order valence-corrected chi connectivity index (χ0v) is 19.6. The summed E-state index contributed by atoms with van der Waals surface area (Å²) in [6.07, 6.45) is 1.43. The lowest BCUT2D eigenvalue weighted by Gasteiger charge is -2.23. The molecule has 0 aliphatic carbocycles. The van der Waals surface area contributed by atoms with Gasteiger partial charge in [0, 0.05) is 12.8 Å². The molecule has 0 saturated heterocycles. The van der Waals surface area contributed by atoms with Gasteiger partial charge in [-0.15, -0.1) is 0 Å². The lowest BCUT2D eigenvalue weighted by Crippen LogP contribution is -2.12. The first-order chi connectivity index (χ1) is 15.9. The molecule has 0 atom stereocenters. The fraction of sp³-hybridized carbons (Fsp3) is 0.188. The van der Waals surface area contributed by atoms with Crippen LogP contribution >= 0.6 is 0 Å². The molecule has 0 aliphatic rings. The molecule has 0 aromatic heterocycles. The lowest BCUT2D eigenvalue weighted by molar-refractivity contribution is 0.462. The summed E-state index contributed by atoms with van der Waals surface area (Å²) in [7, 11) is 0. The maximum absolute atomic E-state index is 11.3. The summed E-state index contributed by atoms with van der Waals surface area (Å²) in [5, 5.41) is 16.3. The molecule has 5 aromatic rings. The second-order valence-electron chi connectivity index (χ2n) is 10.1. The Kier molecular flexibility index (Phi) is 5.42. The van der Waals surface area contributed by atoms with E-state index < -0.39 is 0 Å². The highest BCUT2D eigenvalue weighted by atomic mass is 16.3. The molecule has 0 radical (unpaired) electrons. The Morgan fingerprint density at radius 1 is 0.545 bits per heavy atom. The molecule has 33 heavy (non-hydrogen) atoms. The van der Waals surface area contributed by atoms with Gasteiger partial charge in [-0.05, 0) is 54.8 Å². The third-order valence-corrected chi connectivity index (χ3v) is 6.55. The topological polar surface area (TPSA) is 20.2 Å². The number of benzene rings is 5. The van der Waals surface area contributed by atoms with E-state index in [4.69, 9.17) is 0 Å². The molecule has 1 heteroatoms. The van der Waals surface area contributed by atoms with E-state index in [-0.39, 0.29) is 5.41 Å². The Labute approximate surface area is 196 Å². The summed E-state index contributed by atoms with van der Waals surface area (Å²) in [4.78, 5) is 0. The second-order valence-corrected chi connectivity index (χ2v) is 10.1. The number of hydrogen-bond donors (Lipinski definition) is 1. The fourth-order valence-electron chi connectivity index (χ4n) is 4.60. The molecular weight excluding hydrogens is 400 g/mol. The van der Waals surface area contributed by atoms with E-state index in [1.807, 2.05) is 0 Å². The van der Waals surface area contributed by atoms with E-state index in [9.17, 15) is 5.11 Å². The van der Waals surface area contributed by atoms with Gasteiger partial charge in [0.1, 0.15) is 5.75 Å². The van der Waals surface area contributed by atoms with Crippen molar-refractivity contribution in [1.29, 1.82) is 0 Å². The van der Waals surface area contributed by atoms with E-state index in [1.54, 1.807) is 0 Å². The van der Waals surface area contributed by atoms with Crippen molar-refractivity contribution in [3.05, 3.63) is 125 Å². The molecule has 0 fully saturated rings. The molecule has 1 nitrogen and oxygen atoms in total. The first kappa shape index (κ1) is 21.3. The quantitative estimate of drug-likeness (QED) is 0.305. The highest BCUT2D eigenvalue weighted by molar-refractivity contribution is 5.84. The van der Waals surface area contributed by atoms with Gasteiger partial charge >= 0.3 is 0 Å². The van der Waals surface area contributed by atoms with Gasteiger partial charge in [0.25, 0.3) is 0 Å². The van der Waals surface area contributed by atoms with Crippen molar-refractivity contribution in [1.82, 2.24) is 0 Å². The van der Waals surface area contributed by atoms with Crippen LogP contribution in [0.1, 0.15) is 48.6 Å². The highest BCUT2D eigenvalue weighted by Gasteiger charge is 2.19. The number of phenolic OH excluding ortho intramolecular Hbond substituents is 1. The van der Waals surface area contributed by atoms with Crippen molar-refractivity contribution in [3.63, 3.8) is 0 Å². The van der Waals surface area contributed by atoms with E-state index in [1.165, 1.54) is 38.2 Å². The standard InChI is InChI=1S/C32H30O/c1-32(2,3)30-20-28(18-22-12-14-24-8-4-6-10-26(24)16-22)31(33)29(21-30)19-23-13-15-25-9-5-7-11-27(25)17-23/h4-17,20-21,33H,18-19H2,1-3H3. The SMILES string of the molecule is CC(C)(C)c1cc(Cc2ccc3ccccc3c2)c(O)c(Cc2ccc3ccccc3c2)c1. The summed E-state index contributed by atoms with van der Waals surface area (Å²) < 4.78 is 0. The first-order valence-electron chi connectivity index (χ1n) is 11.7. The summed E-state index contributed by atoms with van der Waals surface area (Å²) in [5.74, 6) is 0.421. The third kappa shape index (κ3) is 4.50. The first-order valence-corrected chi connectivity index (χ1v) is 11.7. The van der Waals surface area contributed by atoms with Crippen LogP contribution in [0.5, 0.6) is 5.75 Å². The number of aromatic hydroxyl groups is 1. The molecule has 0 aliphatic heterocycles. The van der Waals surface area contributed by atoms with Gasteiger partial charge in [0.05, 0.1) is 0 Å². The number of phenols is 1. The van der Waals surface area contributed by atoms with Crippen LogP contribution < -0.4 is 0 Å². The number of hydrogen-bond acceptors (Lipinski definition) is 1. The molecule has 1 N–H and O–H groups in total. The zero-order valence-electron chi connectivity index (χ0n) is 19.6. The van der Waals surface area contributed by atoms with Crippen molar-refractivity contribution in [2.24, 2.45) is 0 Å². The van der Waals surface area contributed by atoms with Gasteiger partial charge in [0.15, 0.2) is 0 Å². The number of rotatable bonds is 4. The smallest absolute Gasteiger partial charge is 0.122 e. The zero-order chi connectivity index (χ0) is 23.0. The Bertz CT molecular complexity index is 1350. The molecule has 0 amide bonds. The maximum Gasteiger partial charge on any atom is 0.122 e. The van der Waals surface area contributed by atoms with Gasteiger partial charge in [0.2, 0.25) is 0 Å². The van der Waals surface area contributed by atoms with Crippen LogP contribution in [0, 0.1) is 0 Å². The Morgan fingerprint density at radius 2 is 0.970 bits per heavy atom. The van der Waals surface area contributed by atoms with E-state index in [0.717, 1.165) is 11.1 Å². The summed E-state index contributed by atoms with van der Waals surface area (Å²) >= 11 is 0. The van der Waals surface area contributed by atoms with Gasteiger partial charge in [-0.1, -0.05) is 118 Å². The van der Waals surface area contributed by atoms with Crippen molar-refractivity contribution in [3.8, 4) is 5.75 Å². The van der Waals surface area contributed by atoms with Gasteiger partial charge in [-0.25, -0.2) is 0 Å². The minimum absolute atomic E-state index is 0.00394. The van der Waals surface area contributed by atoms with Crippen LogP contribution in [0.4, 0.5) is 0 Å². The molecule has 0 unspecified atom stereocenters. The minimum atomic E-state index is 0.00394. The number of fused-ring (bicyclic) bond motifs is 2. The third-order valence-electron chi connectivity index (χ3n) is 6.55. The van der Waals surface area contributed by atoms with Gasteiger partial charge in [-0.3, -0.25) is 0 Å². The van der Waals surface area contributed by atoms with E-state index >= 15 is 0 Å². The van der Waals surface area contributed by atoms with Crippen LogP contribution in [0.25, 0.3) is 21.5 Å². The Morgan fingerprint density at radius 3 is 1.39 bits per heavy atom. The van der Waals surface area contributed by atoms with E-state index in [0.29, 0.717) is 18.6 Å². The van der Waals surface area contributed by atoms with Crippen molar-refractivity contribution < 1.29 is 5.11 Å². The van der Waals surface area contributed by atoms with Gasteiger partial charge in [-0.2, -0.15) is 0 Å². The lowest BCUT2D eigenvalue weighted by atomic mass is 9.83. The highest BCUT2D eigenvalue weighted by Crippen LogP contribution is 2.34. The predicted molar refractivity (Wildman–Crippen MR) is 140 cm³/mol. The molecule has 0 saturated carbocycles. The summed E-state index contributed by atoms with van der Waals surface area (Å²) in [5.41, 5.74) is 5.68. The van der Waals surface area contributed by atoms with Gasteiger partial charge < -0.3 is 5.11 Å². The molecule has 0 spiro atoms. The largest absolute Gasteiger partial charge is 0.507 e. The van der Waals surface area contributed by atoms with Crippen LogP contribution in [0.15, 0.2) is 97.1 Å². The molecule has 0 bridgehead atoms.